The molecule has 1 aliphatic heterocycles. The lowest BCUT2D eigenvalue weighted by atomic mass is 10.1. The summed E-state index contributed by atoms with van der Waals surface area (Å²) >= 11 is 3.04. The molecule has 0 spiro atoms. The van der Waals surface area contributed by atoms with Crippen molar-refractivity contribution in [3.05, 3.63) is 41.5 Å². The highest BCUT2D eigenvalue weighted by Gasteiger charge is 2.17. The maximum atomic E-state index is 12.6. The summed E-state index contributed by atoms with van der Waals surface area (Å²) in [7, 11) is 0. The van der Waals surface area contributed by atoms with E-state index in [0.29, 0.717) is 29.7 Å². The van der Waals surface area contributed by atoms with Crippen LogP contribution in [0.5, 0.6) is 11.5 Å². The van der Waals surface area contributed by atoms with Gasteiger partial charge in [-0.3, -0.25) is 10.1 Å². The third-order valence-corrected chi connectivity index (χ3v) is 5.62. The third-order valence-electron chi connectivity index (χ3n) is 3.96. The van der Waals surface area contributed by atoms with Crippen LogP contribution in [0.25, 0.3) is 10.2 Å². The Kier molecular flexibility index (Phi) is 4.27. The monoisotopic (exact) mass is 372 g/mol. The number of fused-ring (bicyclic) bond motifs is 2. The number of hydrogen-bond acceptors (Lipinski definition) is 6. The van der Waals surface area contributed by atoms with Gasteiger partial charge in [0.15, 0.2) is 16.6 Å². The number of ether oxygens (including phenoxy) is 2. The van der Waals surface area contributed by atoms with Crippen molar-refractivity contribution in [3.8, 4) is 11.5 Å². The van der Waals surface area contributed by atoms with Gasteiger partial charge in [0.2, 0.25) is 0 Å². The summed E-state index contributed by atoms with van der Waals surface area (Å²) in [4.78, 5) is 18.2. The number of aromatic nitrogens is 1. The number of hydrogen-bond donors (Lipinski definition) is 1. The van der Waals surface area contributed by atoms with Crippen molar-refractivity contribution < 1.29 is 14.3 Å². The van der Waals surface area contributed by atoms with Crippen LogP contribution in [-0.4, -0.2) is 30.4 Å². The van der Waals surface area contributed by atoms with Crippen molar-refractivity contribution in [2.24, 2.45) is 0 Å². The summed E-state index contributed by atoms with van der Waals surface area (Å²) in [5.74, 6) is 1.28. The van der Waals surface area contributed by atoms with Crippen molar-refractivity contribution in [2.75, 3.05) is 24.8 Å². The van der Waals surface area contributed by atoms with E-state index in [9.17, 15) is 4.79 Å². The van der Waals surface area contributed by atoms with E-state index in [2.05, 4.69) is 10.3 Å². The van der Waals surface area contributed by atoms with E-state index < -0.39 is 0 Å². The topological polar surface area (TPSA) is 60.5 Å². The van der Waals surface area contributed by atoms with Gasteiger partial charge in [-0.2, -0.15) is 0 Å². The van der Waals surface area contributed by atoms with Crippen molar-refractivity contribution in [1.29, 1.82) is 0 Å². The molecule has 5 nitrogen and oxygen atoms in total. The Morgan fingerprint density at radius 2 is 1.96 bits per heavy atom. The molecule has 1 aromatic heterocycles. The lowest BCUT2D eigenvalue weighted by Gasteiger charge is -2.17. The first-order valence-electron chi connectivity index (χ1n) is 7.80. The molecular formula is C18H16N2O3S2. The van der Waals surface area contributed by atoms with Gasteiger partial charge in [0, 0.05) is 22.6 Å². The molecule has 1 amide bonds. The Hall–Kier alpha value is -2.25. The standard InChI is InChI=1S/C18H16N2O3S2/c1-10-3-4-11(24-2)7-12(10)17(21)20-18-19-13-8-14-15(9-16(13)25-18)23-6-5-22-14/h3-4,7-9H,5-6H2,1-2H3,(H,19,20,21). The zero-order valence-corrected chi connectivity index (χ0v) is 15.4. The molecule has 0 aliphatic carbocycles. The zero-order chi connectivity index (χ0) is 17.4. The van der Waals surface area contributed by atoms with Gasteiger partial charge in [0.05, 0.1) is 10.2 Å². The van der Waals surface area contributed by atoms with E-state index in [0.717, 1.165) is 26.4 Å². The number of benzene rings is 2. The fourth-order valence-corrected chi connectivity index (χ4v) is 3.97. The molecule has 7 heteroatoms. The molecule has 0 bridgehead atoms. The molecule has 0 radical (unpaired) electrons. The van der Waals surface area contributed by atoms with Crippen LogP contribution in [0.1, 0.15) is 15.9 Å². The number of carbonyl (C=O) groups is 1. The highest BCUT2D eigenvalue weighted by atomic mass is 32.2. The third kappa shape index (κ3) is 3.17. The van der Waals surface area contributed by atoms with Gasteiger partial charge >= 0.3 is 0 Å². The molecule has 0 atom stereocenters. The van der Waals surface area contributed by atoms with E-state index in [1.807, 2.05) is 43.5 Å². The number of aryl methyl sites for hydroxylation is 1. The summed E-state index contributed by atoms with van der Waals surface area (Å²) in [5, 5.41) is 3.47. The molecule has 4 rings (SSSR count). The minimum Gasteiger partial charge on any atom is -0.486 e. The number of amides is 1. The van der Waals surface area contributed by atoms with Gasteiger partial charge < -0.3 is 9.47 Å². The van der Waals surface area contributed by atoms with Gasteiger partial charge in [-0.25, -0.2) is 4.98 Å². The number of nitrogens with zero attached hydrogens (tertiary/aromatic N) is 1. The fraction of sp³-hybridized carbons (Fsp3) is 0.222. The SMILES string of the molecule is CSc1ccc(C)c(C(=O)Nc2nc3cc4c(cc3s2)OCCO4)c1. The average molecular weight is 372 g/mol. The Morgan fingerprint density at radius 3 is 2.72 bits per heavy atom. The Morgan fingerprint density at radius 1 is 1.20 bits per heavy atom. The molecule has 128 valence electrons. The second-order valence-electron chi connectivity index (χ2n) is 5.62. The van der Waals surface area contributed by atoms with E-state index in [-0.39, 0.29) is 5.91 Å². The van der Waals surface area contributed by atoms with Crippen LogP contribution >= 0.6 is 23.1 Å². The lowest BCUT2D eigenvalue weighted by molar-refractivity contribution is 0.102. The number of thiazole rings is 1. The summed E-state index contributed by atoms with van der Waals surface area (Å²) in [5.41, 5.74) is 2.39. The van der Waals surface area contributed by atoms with Gasteiger partial charge in [-0.1, -0.05) is 17.4 Å². The molecule has 2 heterocycles. The predicted octanol–water partition coefficient (Wildman–Crippen LogP) is 4.35. The Labute approximate surface area is 153 Å². The normalized spacial score (nSPS) is 13.0. The smallest absolute Gasteiger partial charge is 0.257 e. The molecule has 1 N–H and O–H groups in total. The number of anilines is 1. The quantitative estimate of drug-likeness (QED) is 0.693. The van der Waals surface area contributed by atoms with Crippen LogP contribution in [0.15, 0.2) is 35.2 Å². The first-order valence-corrected chi connectivity index (χ1v) is 9.84. The molecule has 2 aromatic carbocycles. The minimum atomic E-state index is -0.148. The van der Waals surface area contributed by atoms with E-state index in [1.54, 1.807) is 11.8 Å². The maximum absolute atomic E-state index is 12.6. The van der Waals surface area contributed by atoms with E-state index in [4.69, 9.17) is 9.47 Å². The second-order valence-corrected chi connectivity index (χ2v) is 7.53. The lowest BCUT2D eigenvalue weighted by Crippen LogP contribution is -2.15. The van der Waals surface area contributed by atoms with Crippen LogP contribution in [0.3, 0.4) is 0 Å². The van der Waals surface area contributed by atoms with Crippen molar-refractivity contribution in [1.82, 2.24) is 4.98 Å². The maximum Gasteiger partial charge on any atom is 0.257 e. The van der Waals surface area contributed by atoms with Crippen molar-refractivity contribution >= 4 is 44.4 Å². The average Bonchev–Trinajstić information content (AvgIpc) is 3.00. The van der Waals surface area contributed by atoms with Crippen molar-refractivity contribution in [3.63, 3.8) is 0 Å². The molecule has 0 saturated heterocycles. The van der Waals surface area contributed by atoms with Crippen LogP contribution in [-0.2, 0) is 0 Å². The summed E-state index contributed by atoms with van der Waals surface area (Å²) < 4.78 is 12.1. The van der Waals surface area contributed by atoms with E-state index in [1.165, 1.54) is 11.3 Å². The Balaban J connectivity index is 1.63. The molecule has 0 unspecified atom stereocenters. The summed E-state index contributed by atoms with van der Waals surface area (Å²) in [6, 6.07) is 9.65. The minimum absolute atomic E-state index is 0.148. The van der Waals surface area contributed by atoms with Gasteiger partial charge in [0.25, 0.3) is 5.91 Å². The molecular weight excluding hydrogens is 356 g/mol. The highest BCUT2D eigenvalue weighted by molar-refractivity contribution is 7.98. The van der Waals surface area contributed by atoms with Crippen molar-refractivity contribution in [2.45, 2.75) is 11.8 Å². The zero-order valence-electron chi connectivity index (χ0n) is 13.8. The fourth-order valence-electron chi connectivity index (χ4n) is 2.66. The Bertz CT molecular complexity index is 925. The predicted molar refractivity (Wildman–Crippen MR) is 102 cm³/mol. The molecule has 0 fully saturated rings. The number of rotatable bonds is 3. The molecule has 1 aliphatic rings. The molecule has 25 heavy (non-hydrogen) atoms. The largest absolute Gasteiger partial charge is 0.486 e. The number of thioether (sulfide) groups is 1. The van der Waals surface area contributed by atoms with Gasteiger partial charge in [-0.05, 0) is 30.9 Å². The first kappa shape index (κ1) is 16.2. The number of carbonyl (C=O) groups excluding carboxylic acids is 1. The van der Waals surface area contributed by atoms with Gasteiger partial charge in [0.1, 0.15) is 13.2 Å². The first-order chi connectivity index (χ1) is 12.1. The molecule has 0 saturated carbocycles. The summed E-state index contributed by atoms with van der Waals surface area (Å²) in [6.07, 6.45) is 1.99. The van der Waals surface area contributed by atoms with E-state index >= 15 is 0 Å². The van der Waals surface area contributed by atoms with Crippen LogP contribution in [0.4, 0.5) is 5.13 Å². The summed E-state index contributed by atoms with van der Waals surface area (Å²) in [6.45, 7) is 3.02. The van der Waals surface area contributed by atoms with Crippen LogP contribution < -0.4 is 14.8 Å². The van der Waals surface area contributed by atoms with Crippen LogP contribution in [0.2, 0.25) is 0 Å². The highest BCUT2D eigenvalue weighted by Crippen LogP contribution is 2.38. The molecule has 3 aromatic rings. The number of nitrogens with one attached hydrogen (secondary N) is 1. The second kappa shape index (κ2) is 6.57. The van der Waals surface area contributed by atoms with Gasteiger partial charge in [-0.15, -0.1) is 11.8 Å². The van der Waals surface area contributed by atoms with Crippen LogP contribution in [0, 0.1) is 6.92 Å².